The highest BCUT2D eigenvalue weighted by Crippen LogP contribution is 2.37. The van der Waals surface area contributed by atoms with Gasteiger partial charge in [-0.1, -0.05) is 60.1 Å². The van der Waals surface area contributed by atoms with Crippen molar-refractivity contribution in [1.82, 2.24) is 9.66 Å². The number of para-hydroxylation sites is 2. The molecule has 0 unspecified atom stereocenters. The number of fused-ring (bicyclic) bond motifs is 2. The van der Waals surface area contributed by atoms with Crippen LogP contribution >= 0.6 is 27.5 Å². The topological polar surface area (TPSA) is 78.9 Å². The molecule has 0 atom stereocenters. The van der Waals surface area contributed by atoms with E-state index in [-0.39, 0.29) is 12.2 Å². The summed E-state index contributed by atoms with van der Waals surface area (Å²) < 4.78 is 20.0. The first-order valence-corrected chi connectivity index (χ1v) is 14.1. The lowest BCUT2D eigenvalue weighted by Gasteiger charge is -2.15. The van der Waals surface area contributed by atoms with Crippen molar-refractivity contribution in [3.8, 4) is 23.1 Å². The van der Waals surface area contributed by atoms with E-state index in [9.17, 15) is 4.79 Å². The largest absolute Gasteiger partial charge is 0.490 e. The summed E-state index contributed by atoms with van der Waals surface area (Å²) in [6, 6.07) is 27.8. The minimum absolute atomic E-state index is 0.269. The second-order valence-electron chi connectivity index (χ2n) is 9.11. The van der Waals surface area contributed by atoms with Gasteiger partial charge < -0.3 is 13.9 Å². The van der Waals surface area contributed by atoms with Gasteiger partial charge >= 0.3 is 0 Å². The average molecular weight is 629 g/mol. The van der Waals surface area contributed by atoms with Crippen molar-refractivity contribution in [3.05, 3.63) is 122 Å². The maximum atomic E-state index is 13.6. The predicted molar refractivity (Wildman–Crippen MR) is 165 cm³/mol. The Morgan fingerprint density at radius 1 is 1.00 bits per heavy atom. The maximum absolute atomic E-state index is 13.6. The van der Waals surface area contributed by atoms with Crippen LogP contribution < -0.4 is 15.0 Å². The van der Waals surface area contributed by atoms with E-state index in [2.05, 4.69) is 21.0 Å². The third kappa shape index (κ3) is 5.49. The first-order valence-electron chi connectivity index (χ1n) is 12.9. The normalized spacial score (nSPS) is 11.5. The van der Waals surface area contributed by atoms with Gasteiger partial charge in [0.25, 0.3) is 5.56 Å². The van der Waals surface area contributed by atoms with Gasteiger partial charge in [0.15, 0.2) is 17.3 Å². The Morgan fingerprint density at radius 3 is 2.61 bits per heavy atom. The van der Waals surface area contributed by atoms with Gasteiger partial charge in [-0.05, 0) is 70.9 Å². The van der Waals surface area contributed by atoms with Crippen LogP contribution in [0.25, 0.3) is 33.5 Å². The molecular formula is C32H23BrClN3O4. The van der Waals surface area contributed by atoms with Crippen molar-refractivity contribution in [2.45, 2.75) is 13.5 Å². The van der Waals surface area contributed by atoms with Crippen LogP contribution in [0.5, 0.6) is 11.5 Å². The van der Waals surface area contributed by atoms with Gasteiger partial charge in [-0.15, -0.1) is 0 Å². The molecule has 41 heavy (non-hydrogen) atoms. The number of hydrogen-bond donors (Lipinski definition) is 0. The van der Waals surface area contributed by atoms with E-state index in [1.54, 1.807) is 30.5 Å². The molecule has 0 saturated heterocycles. The molecule has 0 radical (unpaired) electrons. The van der Waals surface area contributed by atoms with E-state index in [4.69, 9.17) is 30.5 Å². The van der Waals surface area contributed by atoms with Crippen LogP contribution in [-0.4, -0.2) is 22.5 Å². The Bertz CT molecular complexity index is 1950. The average Bonchev–Trinajstić information content (AvgIpc) is 3.41. The van der Waals surface area contributed by atoms with Crippen molar-refractivity contribution < 1.29 is 13.9 Å². The molecule has 7 nitrogen and oxygen atoms in total. The summed E-state index contributed by atoms with van der Waals surface area (Å²) in [4.78, 5) is 18.3. The van der Waals surface area contributed by atoms with E-state index < -0.39 is 0 Å². The Kier molecular flexibility index (Phi) is 7.59. The summed E-state index contributed by atoms with van der Waals surface area (Å²) in [5.74, 6) is 1.80. The van der Waals surface area contributed by atoms with Crippen molar-refractivity contribution in [2.75, 3.05) is 6.61 Å². The maximum Gasteiger partial charge on any atom is 0.282 e. The molecule has 2 aromatic heterocycles. The number of furan rings is 1. The van der Waals surface area contributed by atoms with Crippen LogP contribution in [0, 0.1) is 0 Å². The van der Waals surface area contributed by atoms with E-state index in [1.807, 2.05) is 73.7 Å². The summed E-state index contributed by atoms with van der Waals surface area (Å²) in [6.07, 6.45) is 1.58. The Hall–Kier alpha value is -4.40. The minimum atomic E-state index is -0.314. The predicted octanol–water partition coefficient (Wildman–Crippen LogP) is 8.09. The molecule has 6 aromatic rings. The molecule has 9 heteroatoms. The lowest BCUT2D eigenvalue weighted by molar-refractivity contribution is 0.267. The van der Waals surface area contributed by atoms with Crippen LogP contribution in [0.3, 0.4) is 0 Å². The van der Waals surface area contributed by atoms with Crippen LogP contribution in [0.1, 0.15) is 18.1 Å². The van der Waals surface area contributed by atoms with Gasteiger partial charge in [0.05, 0.1) is 28.2 Å². The summed E-state index contributed by atoms with van der Waals surface area (Å²) >= 11 is 9.91. The van der Waals surface area contributed by atoms with Crippen molar-refractivity contribution in [1.29, 1.82) is 0 Å². The molecule has 204 valence electrons. The first-order chi connectivity index (χ1) is 20.0. The number of nitrogens with zero attached hydrogens (tertiary/aromatic N) is 3. The number of aromatic nitrogens is 2. The number of rotatable bonds is 8. The highest BCUT2D eigenvalue weighted by molar-refractivity contribution is 9.10. The quantitative estimate of drug-likeness (QED) is 0.159. The molecule has 0 amide bonds. The molecule has 0 spiro atoms. The molecule has 0 bridgehead atoms. The fourth-order valence-corrected chi connectivity index (χ4v) is 5.20. The standard InChI is InChI=1S/C32H23BrClN3O4/c1-2-39-28-16-20(15-24(33)30(28)40-19-22-10-3-6-12-25(22)34)18-35-37-31(29-17-21-9-4-8-14-27(21)41-29)36-26-13-7-5-11-23(26)32(37)38/h3-18H,2,19H2,1H3. The zero-order valence-corrected chi connectivity index (χ0v) is 24.2. The molecule has 0 aliphatic carbocycles. The summed E-state index contributed by atoms with van der Waals surface area (Å²) in [5.41, 5.74) is 2.47. The van der Waals surface area contributed by atoms with E-state index >= 15 is 0 Å². The summed E-state index contributed by atoms with van der Waals surface area (Å²) in [5, 5.41) is 6.55. The molecule has 2 heterocycles. The van der Waals surface area contributed by atoms with Crippen molar-refractivity contribution in [2.24, 2.45) is 5.10 Å². The van der Waals surface area contributed by atoms with E-state index in [1.165, 1.54) is 4.68 Å². The van der Waals surface area contributed by atoms with Gasteiger partial charge in [-0.25, -0.2) is 4.98 Å². The minimum Gasteiger partial charge on any atom is -0.490 e. The van der Waals surface area contributed by atoms with Crippen LogP contribution in [-0.2, 0) is 6.61 Å². The SMILES string of the molecule is CCOc1cc(C=Nn2c(-c3cc4ccccc4o3)nc3ccccc3c2=O)cc(Br)c1OCc1ccccc1Cl. The van der Waals surface area contributed by atoms with Crippen molar-refractivity contribution >= 4 is 55.6 Å². The third-order valence-electron chi connectivity index (χ3n) is 6.38. The highest BCUT2D eigenvalue weighted by atomic mass is 79.9. The van der Waals surface area contributed by atoms with Gasteiger partial charge in [-0.2, -0.15) is 9.78 Å². The number of halogens is 2. The zero-order valence-electron chi connectivity index (χ0n) is 21.9. The fraction of sp³-hybridized carbons (Fsp3) is 0.0938. The number of hydrogen-bond acceptors (Lipinski definition) is 6. The Balaban J connectivity index is 1.40. The molecule has 0 saturated carbocycles. The summed E-state index contributed by atoms with van der Waals surface area (Å²) in [6.45, 7) is 2.59. The van der Waals surface area contributed by atoms with Crippen LogP contribution in [0.15, 0.2) is 110 Å². The molecule has 0 N–H and O–H groups in total. The smallest absolute Gasteiger partial charge is 0.282 e. The Morgan fingerprint density at radius 2 is 1.78 bits per heavy atom. The lowest BCUT2D eigenvalue weighted by atomic mass is 10.2. The van der Waals surface area contributed by atoms with Gasteiger partial charge in [0, 0.05) is 16.0 Å². The van der Waals surface area contributed by atoms with Gasteiger partial charge in [0.1, 0.15) is 12.2 Å². The molecule has 4 aromatic carbocycles. The monoisotopic (exact) mass is 627 g/mol. The highest BCUT2D eigenvalue weighted by Gasteiger charge is 2.17. The molecule has 0 aliphatic heterocycles. The second kappa shape index (κ2) is 11.6. The zero-order chi connectivity index (χ0) is 28.3. The van der Waals surface area contributed by atoms with E-state index in [0.29, 0.717) is 61.2 Å². The fourth-order valence-electron chi connectivity index (χ4n) is 4.44. The first kappa shape index (κ1) is 26.8. The lowest BCUT2D eigenvalue weighted by Crippen LogP contribution is -2.20. The third-order valence-corrected chi connectivity index (χ3v) is 7.34. The molecule has 6 rings (SSSR count). The van der Waals surface area contributed by atoms with E-state index in [0.717, 1.165) is 10.9 Å². The number of benzene rings is 4. The molecule has 0 fully saturated rings. The van der Waals surface area contributed by atoms with Crippen LogP contribution in [0.2, 0.25) is 5.02 Å². The van der Waals surface area contributed by atoms with Crippen LogP contribution in [0.4, 0.5) is 0 Å². The van der Waals surface area contributed by atoms with Crippen molar-refractivity contribution in [3.63, 3.8) is 0 Å². The Labute approximate surface area is 248 Å². The number of ether oxygens (including phenoxy) is 2. The second-order valence-corrected chi connectivity index (χ2v) is 10.4. The summed E-state index contributed by atoms with van der Waals surface area (Å²) in [7, 11) is 0. The molecule has 0 aliphatic rings. The van der Waals surface area contributed by atoms with Gasteiger partial charge in [-0.3, -0.25) is 4.79 Å². The van der Waals surface area contributed by atoms with Gasteiger partial charge in [0.2, 0.25) is 5.82 Å². The molecular weight excluding hydrogens is 606 g/mol.